The van der Waals surface area contributed by atoms with E-state index in [1.165, 1.54) is 12.1 Å². The van der Waals surface area contributed by atoms with Gasteiger partial charge in [-0.1, -0.05) is 0 Å². The summed E-state index contributed by atoms with van der Waals surface area (Å²) >= 11 is 0. The largest absolute Gasteiger partial charge is 0.505 e. The van der Waals surface area contributed by atoms with Gasteiger partial charge in [-0.25, -0.2) is 0 Å². The first-order chi connectivity index (χ1) is 8.46. The smallest absolute Gasteiger partial charge is 0.448 e. The van der Waals surface area contributed by atoms with Gasteiger partial charge in [0.1, 0.15) is 6.26 Å². The molecule has 0 spiro atoms. The van der Waals surface area contributed by atoms with Gasteiger partial charge in [0.2, 0.25) is 5.76 Å². The number of Topliss-reactive ketones (excluding diaryl/α,β-unsaturated/α-hetero) is 1. The Kier molecular flexibility index (Phi) is 2.64. The van der Waals surface area contributed by atoms with Crippen molar-refractivity contribution >= 4 is 5.78 Å². The first kappa shape index (κ1) is 11.9. The molecule has 18 heavy (non-hydrogen) atoms. The summed E-state index contributed by atoms with van der Waals surface area (Å²) in [6, 6.07) is 3.29. The molecular formula is C10H7NO7. The first-order valence-electron chi connectivity index (χ1n) is 4.69. The topological polar surface area (TPSA) is 127 Å². The molecule has 94 valence electrons. The lowest BCUT2D eigenvalue weighted by molar-refractivity contribution is -0.615. The first-order valence-corrected chi connectivity index (χ1v) is 4.69. The van der Waals surface area contributed by atoms with Crippen LogP contribution in [0.1, 0.15) is 16.3 Å². The standard InChI is InChI=1S/C10H7NO7/c12-6-4-8(18-5-6)10(14,11(15)16)9(13)7-2-1-3-17-7/h1-5,12,14H. The van der Waals surface area contributed by atoms with Crippen molar-refractivity contribution in [2.45, 2.75) is 5.72 Å². The number of aliphatic hydroxyl groups is 1. The average molecular weight is 253 g/mol. The number of hydrogen-bond donors (Lipinski definition) is 2. The van der Waals surface area contributed by atoms with Crippen LogP contribution in [0.3, 0.4) is 0 Å². The Labute approximate surface area is 99.2 Å². The Morgan fingerprint density at radius 1 is 1.44 bits per heavy atom. The third-order valence-corrected chi connectivity index (χ3v) is 2.26. The Morgan fingerprint density at radius 3 is 2.61 bits per heavy atom. The van der Waals surface area contributed by atoms with Crippen LogP contribution in [0.25, 0.3) is 0 Å². The monoisotopic (exact) mass is 253 g/mol. The maximum atomic E-state index is 11.9. The quantitative estimate of drug-likeness (QED) is 0.358. The average Bonchev–Trinajstić information content (AvgIpc) is 2.97. The SMILES string of the molecule is O=C(c1ccco1)C(O)(c1cc(O)co1)[N+](=O)[O-]. The molecule has 2 N–H and O–H groups in total. The summed E-state index contributed by atoms with van der Waals surface area (Å²) in [7, 11) is 0. The molecule has 0 bridgehead atoms. The van der Waals surface area contributed by atoms with Gasteiger partial charge in [-0.05, 0) is 12.1 Å². The van der Waals surface area contributed by atoms with Crippen LogP contribution >= 0.6 is 0 Å². The molecular weight excluding hydrogens is 246 g/mol. The number of hydrogen-bond acceptors (Lipinski definition) is 7. The van der Waals surface area contributed by atoms with Crippen molar-refractivity contribution in [2.24, 2.45) is 0 Å². The normalized spacial score (nSPS) is 14.1. The number of nitro groups is 1. The van der Waals surface area contributed by atoms with Crippen molar-refractivity contribution in [1.82, 2.24) is 0 Å². The molecule has 1 atom stereocenters. The molecule has 1 unspecified atom stereocenters. The summed E-state index contributed by atoms with van der Waals surface area (Å²) in [5.74, 6) is -2.85. The highest BCUT2D eigenvalue weighted by Crippen LogP contribution is 2.30. The molecule has 0 aliphatic carbocycles. The molecule has 0 aliphatic heterocycles. The van der Waals surface area contributed by atoms with Crippen LogP contribution in [0.4, 0.5) is 0 Å². The number of aromatic hydroxyl groups is 1. The highest BCUT2D eigenvalue weighted by atomic mass is 16.7. The molecule has 0 aromatic carbocycles. The molecule has 0 amide bonds. The van der Waals surface area contributed by atoms with E-state index in [9.17, 15) is 20.0 Å². The summed E-state index contributed by atoms with van der Waals surface area (Å²) in [6.45, 7) is 0. The molecule has 0 fully saturated rings. The van der Waals surface area contributed by atoms with E-state index in [-0.39, 0.29) is 0 Å². The van der Waals surface area contributed by atoms with Crippen LogP contribution in [0.5, 0.6) is 5.75 Å². The van der Waals surface area contributed by atoms with Crippen LogP contribution in [0.15, 0.2) is 39.6 Å². The predicted molar refractivity (Wildman–Crippen MR) is 54.3 cm³/mol. The van der Waals surface area contributed by atoms with Crippen LogP contribution in [-0.4, -0.2) is 20.9 Å². The van der Waals surface area contributed by atoms with Gasteiger partial charge in [0.15, 0.2) is 11.5 Å². The fraction of sp³-hybridized carbons (Fsp3) is 0.100. The molecule has 2 aromatic heterocycles. The third-order valence-electron chi connectivity index (χ3n) is 2.26. The van der Waals surface area contributed by atoms with Gasteiger partial charge in [0, 0.05) is 6.07 Å². The minimum atomic E-state index is -3.14. The van der Waals surface area contributed by atoms with Gasteiger partial charge in [-0.2, -0.15) is 0 Å². The Bertz CT molecular complexity index is 585. The van der Waals surface area contributed by atoms with E-state index in [0.717, 1.165) is 18.6 Å². The Hall–Kier alpha value is -2.61. The van der Waals surface area contributed by atoms with E-state index in [1.54, 1.807) is 0 Å². The van der Waals surface area contributed by atoms with E-state index in [0.29, 0.717) is 0 Å². The van der Waals surface area contributed by atoms with Crippen molar-refractivity contribution in [1.29, 1.82) is 0 Å². The van der Waals surface area contributed by atoms with Crippen molar-refractivity contribution < 1.29 is 28.8 Å². The second kappa shape index (κ2) is 4.00. The Morgan fingerprint density at radius 2 is 2.17 bits per heavy atom. The van der Waals surface area contributed by atoms with E-state index in [2.05, 4.69) is 4.42 Å². The fourth-order valence-corrected chi connectivity index (χ4v) is 1.37. The summed E-state index contributed by atoms with van der Waals surface area (Å²) in [5, 5.41) is 29.9. The van der Waals surface area contributed by atoms with Gasteiger partial charge < -0.3 is 19.0 Å². The highest BCUT2D eigenvalue weighted by Gasteiger charge is 2.56. The maximum absolute atomic E-state index is 11.9. The molecule has 0 aliphatic rings. The third kappa shape index (κ3) is 1.64. The van der Waals surface area contributed by atoms with Crippen LogP contribution in [-0.2, 0) is 5.72 Å². The van der Waals surface area contributed by atoms with Crippen molar-refractivity contribution in [2.75, 3.05) is 0 Å². The zero-order valence-electron chi connectivity index (χ0n) is 8.77. The fourth-order valence-electron chi connectivity index (χ4n) is 1.37. The van der Waals surface area contributed by atoms with E-state index in [1.807, 2.05) is 0 Å². The van der Waals surface area contributed by atoms with Gasteiger partial charge in [0.05, 0.1) is 11.2 Å². The second-order valence-corrected chi connectivity index (χ2v) is 3.40. The van der Waals surface area contributed by atoms with Crippen molar-refractivity contribution in [3.63, 3.8) is 0 Å². The molecule has 2 aromatic rings. The second-order valence-electron chi connectivity index (χ2n) is 3.40. The molecule has 8 nitrogen and oxygen atoms in total. The summed E-state index contributed by atoms with van der Waals surface area (Å²) in [4.78, 5) is 21.5. The minimum absolute atomic E-state index is 0.398. The molecule has 0 saturated carbocycles. The van der Waals surface area contributed by atoms with Crippen molar-refractivity contribution in [3.05, 3.63) is 52.4 Å². The number of carbonyl (C=O) groups is 1. The van der Waals surface area contributed by atoms with Crippen LogP contribution in [0, 0.1) is 10.1 Å². The summed E-state index contributed by atoms with van der Waals surface area (Å²) in [5.41, 5.74) is -3.14. The number of furan rings is 2. The summed E-state index contributed by atoms with van der Waals surface area (Å²) < 4.78 is 9.31. The number of carbonyl (C=O) groups excluding carboxylic acids is 1. The maximum Gasteiger partial charge on any atom is 0.448 e. The predicted octanol–water partition coefficient (Wildman–Crippen LogP) is 0.883. The molecule has 2 rings (SSSR count). The zero-order valence-corrected chi connectivity index (χ0v) is 8.77. The highest BCUT2D eigenvalue weighted by molar-refractivity contribution is 5.99. The van der Waals surface area contributed by atoms with E-state index < -0.39 is 33.7 Å². The molecule has 2 heterocycles. The lowest BCUT2D eigenvalue weighted by Gasteiger charge is -2.13. The number of nitrogens with zero attached hydrogens (tertiary/aromatic N) is 1. The Balaban J connectivity index is 2.51. The van der Waals surface area contributed by atoms with Crippen LogP contribution in [0.2, 0.25) is 0 Å². The number of ketones is 1. The van der Waals surface area contributed by atoms with Gasteiger partial charge in [0.25, 0.3) is 0 Å². The minimum Gasteiger partial charge on any atom is -0.505 e. The number of rotatable bonds is 4. The zero-order chi connectivity index (χ0) is 13.3. The van der Waals surface area contributed by atoms with E-state index >= 15 is 0 Å². The molecule has 8 heteroatoms. The van der Waals surface area contributed by atoms with Crippen molar-refractivity contribution in [3.8, 4) is 5.75 Å². The molecule has 0 saturated heterocycles. The van der Waals surface area contributed by atoms with Gasteiger partial charge in [-0.15, -0.1) is 0 Å². The molecule has 0 radical (unpaired) electrons. The van der Waals surface area contributed by atoms with Gasteiger partial charge in [-0.3, -0.25) is 14.9 Å². The van der Waals surface area contributed by atoms with Gasteiger partial charge >= 0.3 is 11.5 Å². The van der Waals surface area contributed by atoms with E-state index in [4.69, 9.17) is 9.52 Å². The lowest BCUT2D eigenvalue weighted by Crippen LogP contribution is -2.43. The lowest BCUT2D eigenvalue weighted by atomic mass is 10.0. The van der Waals surface area contributed by atoms with Crippen LogP contribution < -0.4 is 0 Å². The summed E-state index contributed by atoms with van der Waals surface area (Å²) in [6.07, 6.45) is 1.90.